The van der Waals surface area contributed by atoms with Gasteiger partial charge in [0, 0.05) is 11.9 Å². The predicted molar refractivity (Wildman–Crippen MR) is 92.8 cm³/mol. The lowest BCUT2D eigenvalue weighted by molar-refractivity contribution is 0.255. The quantitative estimate of drug-likeness (QED) is 0.831. The summed E-state index contributed by atoms with van der Waals surface area (Å²) in [7, 11) is 0. The van der Waals surface area contributed by atoms with E-state index in [1.165, 1.54) is 0 Å². The molecule has 0 unspecified atom stereocenters. The lowest BCUT2D eigenvalue weighted by Gasteiger charge is -2.14. The molecule has 0 spiro atoms. The third-order valence-electron chi connectivity index (χ3n) is 3.53. The highest BCUT2D eigenvalue weighted by molar-refractivity contribution is 5.92. The molecule has 0 atom stereocenters. The molecule has 0 radical (unpaired) electrons. The number of carbonyl (C=O) groups is 1. The molecule has 0 aliphatic heterocycles. The molecule has 3 heteroatoms. The number of hydrogen-bond donors (Lipinski definition) is 2. The van der Waals surface area contributed by atoms with Crippen LogP contribution in [0.1, 0.15) is 30.5 Å². The number of amides is 2. The van der Waals surface area contributed by atoms with Crippen molar-refractivity contribution in [3.8, 4) is 0 Å². The van der Waals surface area contributed by atoms with Gasteiger partial charge in [0.1, 0.15) is 0 Å². The first kappa shape index (κ1) is 15.8. The smallest absolute Gasteiger partial charge is 0.314 e. The van der Waals surface area contributed by atoms with E-state index in [4.69, 9.17) is 0 Å². The fourth-order valence-corrected chi connectivity index (χ4v) is 2.33. The molecule has 0 bridgehead atoms. The van der Waals surface area contributed by atoms with Gasteiger partial charge in [-0.3, -0.25) is 0 Å². The molecule has 0 saturated heterocycles. The molecule has 2 N–H and O–H groups in total. The standard InChI is InChI=1S/C19H22N2O/c1-3-16-11-8-12-17(4-2)18(16)21-19(22)20-14-13-15-9-6-5-7-10-15/h5-14H,3-4H2,1-2H3,(H2,20,21,22)/b14-13+. The normalized spacial score (nSPS) is 10.6. The van der Waals surface area contributed by atoms with Crippen molar-refractivity contribution >= 4 is 17.8 Å². The lowest BCUT2D eigenvalue weighted by Crippen LogP contribution is -2.25. The Kier molecular flexibility index (Phi) is 5.78. The Morgan fingerprint density at radius 1 is 0.955 bits per heavy atom. The second-order valence-electron chi connectivity index (χ2n) is 5.00. The Bertz CT molecular complexity index is 625. The summed E-state index contributed by atoms with van der Waals surface area (Å²) in [6.07, 6.45) is 5.31. The lowest BCUT2D eigenvalue weighted by atomic mass is 10.0. The number of nitrogens with one attached hydrogen (secondary N) is 2. The number of rotatable bonds is 5. The molecule has 2 rings (SSSR count). The van der Waals surface area contributed by atoms with E-state index in [9.17, 15) is 4.79 Å². The SMILES string of the molecule is CCc1cccc(CC)c1NC(=O)N/C=C/c1ccccc1. The molecule has 2 amide bonds. The van der Waals surface area contributed by atoms with Crippen LogP contribution in [0.2, 0.25) is 0 Å². The summed E-state index contributed by atoms with van der Waals surface area (Å²) in [4.78, 5) is 12.1. The van der Waals surface area contributed by atoms with E-state index >= 15 is 0 Å². The summed E-state index contributed by atoms with van der Waals surface area (Å²) >= 11 is 0. The first-order valence-corrected chi connectivity index (χ1v) is 7.64. The van der Waals surface area contributed by atoms with Crippen molar-refractivity contribution in [2.45, 2.75) is 26.7 Å². The van der Waals surface area contributed by atoms with Gasteiger partial charge in [0.25, 0.3) is 0 Å². The van der Waals surface area contributed by atoms with E-state index in [2.05, 4.69) is 36.6 Å². The molecule has 0 aromatic heterocycles. The molecule has 22 heavy (non-hydrogen) atoms. The van der Waals surface area contributed by atoms with E-state index < -0.39 is 0 Å². The zero-order valence-corrected chi connectivity index (χ0v) is 13.1. The average molecular weight is 294 g/mol. The van der Waals surface area contributed by atoms with Crippen molar-refractivity contribution in [1.29, 1.82) is 0 Å². The van der Waals surface area contributed by atoms with Crippen molar-refractivity contribution < 1.29 is 4.79 Å². The second-order valence-corrected chi connectivity index (χ2v) is 5.00. The minimum Gasteiger partial charge on any atom is -0.314 e. The summed E-state index contributed by atoms with van der Waals surface area (Å²) in [6.45, 7) is 4.18. The van der Waals surface area contributed by atoms with Gasteiger partial charge in [-0.1, -0.05) is 62.4 Å². The molecular formula is C19H22N2O. The van der Waals surface area contributed by atoms with Crippen LogP contribution in [0.5, 0.6) is 0 Å². The third-order valence-corrected chi connectivity index (χ3v) is 3.53. The number of carbonyl (C=O) groups excluding carboxylic acids is 1. The Morgan fingerprint density at radius 2 is 1.59 bits per heavy atom. The van der Waals surface area contributed by atoms with Crippen LogP contribution >= 0.6 is 0 Å². The van der Waals surface area contributed by atoms with Crippen LogP contribution in [0.3, 0.4) is 0 Å². The van der Waals surface area contributed by atoms with Gasteiger partial charge in [0.15, 0.2) is 0 Å². The number of aryl methyl sites for hydroxylation is 2. The number of hydrogen-bond acceptors (Lipinski definition) is 1. The first-order valence-electron chi connectivity index (χ1n) is 7.64. The second kappa shape index (κ2) is 8.03. The number of urea groups is 1. The van der Waals surface area contributed by atoms with Gasteiger partial charge in [-0.05, 0) is 35.6 Å². The van der Waals surface area contributed by atoms with Gasteiger partial charge in [0.2, 0.25) is 0 Å². The highest BCUT2D eigenvalue weighted by atomic mass is 16.2. The van der Waals surface area contributed by atoms with Crippen LogP contribution < -0.4 is 10.6 Å². The Morgan fingerprint density at radius 3 is 2.18 bits per heavy atom. The Labute approximate surface area is 132 Å². The van der Waals surface area contributed by atoms with Crippen molar-refractivity contribution in [2.24, 2.45) is 0 Å². The molecular weight excluding hydrogens is 272 g/mol. The Hall–Kier alpha value is -2.55. The van der Waals surface area contributed by atoms with Crippen molar-refractivity contribution in [2.75, 3.05) is 5.32 Å². The summed E-state index contributed by atoms with van der Waals surface area (Å²) in [6, 6.07) is 15.8. The zero-order chi connectivity index (χ0) is 15.8. The molecule has 0 fully saturated rings. The predicted octanol–water partition coefficient (Wildman–Crippen LogP) is 4.60. The highest BCUT2D eigenvalue weighted by Gasteiger charge is 2.08. The van der Waals surface area contributed by atoms with Crippen LogP contribution in [0.4, 0.5) is 10.5 Å². The van der Waals surface area contributed by atoms with Crippen LogP contribution in [-0.4, -0.2) is 6.03 Å². The fraction of sp³-hybridized carbons (Fsp3) is 0.211. The summed E-state index contributed by atoms with van der Waals surface area (Å²) < 4.78 is 0. The van der Waals surface area contributed by atoms with E-state index in [1.54, 1.807) is 6.20 Å². The summed E-state index contributed by atoms with van der Waals surface area (Å²) in [5, 5.41) is 5.72. The van der Waals surface area contributed by atoms with Crippen LogP contribution in [0, 0.1) is 0 Å². The van der Waals surface area contributed by atoms with E-state index in [0.29, 0.717) is 0 Å². The molecule has 0 heterocycles. The molecule has 0 saturated carbocycles. The third kappa shape index (κ3) is 4.22. The maximum Gasteiger partial charge on any atom is 0.323 e. The van der Waals surface area contributed by atoms with Crippen LogP contribution in [-0.2, 0) is 12.8 Å². The summed E-state index contributed by atoms with van der Waals surface area (Å²) in [5.74, 6) is 0. The van der Waals surface area contributed by atoms with Gasteiger partial charge in [-0.25, -0.2) is 4.79 Å². The molecule has 3 nitrogen and oxygen atoms in total. The maximum absolute atomic E-state index is 12.1. The minimum atomic E-state index is -0.220. The van der Waals surface area contributed by atoms with Crippen LogP contribution in [0.15, 0.2) is 54.7 Å². The number of anilines is 1. The van der Waals surface area contributed by atoms with Gasteiger partial charge >= 0.3 is 6.03 Å². The van der Waals surface area contributed by atoms with E-state index in [1.807, 2.05) is 42.5 Å². The topological polar surface area (TPSA) is 41.1 Å². The zero-order valence-electron chi connectivity index (χ0n) is 13.1. The molecule has 0 aliphatic carbocycles. The number of para-hydroxylation sites is 1. The van der Waals surface area contributed by atoms with Crippen molar-refractivity contribution in [1.82, 2.24) is 5.32 Å². The van der Waals surface area contributed by atoms with Gasteiger partial charge in [-0.2, -0.15) is 0 Å². The van der Waals surface area contributed by atoms with Gasteiger partial charge in [-0.15, -0.1) is 0 Å². The minimum absolute atomic E-state index is 0.220. The largest absolute Gasteiger partial charge is 0.323 e. The fourth-order valence-electron chi connectivity index (χ4n) is 2.33. The monoisotopic (exact) mass is 294 g/mol. The maximum atomic E-state index is 12.1. The van der Waals surface area contributed by atoms with E-state index in [0.717, 1.165) is 35.2 Å². The van der Waals surface area contributed by atoms with E-state index in [-0.39, 0.29) is 6.03 Å². The van der Waals surface area contributed by atoms with Gasteiger partial charge in [0.05, 0.1) is 0 Å². The summed E-state index contributed by atoms with van der Waals surface area (Å²) in [5.41, 5.74) is 4.28. The first-order chi connectivity index (χ1) is 10.7. The Balaban J connectivity index is 2.02. The van der Waals surface area contributed by atoms with Gasteiger partial charge < -0.3 is 10.6 Å². The average Bonchev–Trinajstić information content (AvgIpc) is 2.56. The van der Waals surface area contributed by atoms with Crippen molar-refractivity contribution in [3.05, 3.63) is 71.4 Å². The molecule has 114 valence electrons. The number of benzene rings is 2. The molecule has 2 aromatic carbocycles. The molecule has 2 aromatic rings. The van der Waals surface area contributed by atoms with Crippen LogP contribution in [0.25, 0.3) is 6.08 Å². The van der Waals surface area contributed by atoms with Crippen molar-refractivity contribution in [3.63, 3.8) is 0 Å². The highest BCUT2D eigenvalue weighted by Crippen LogP contribution is 2.22. The molecule has 0 aliphatic rings.